The molecular weight excluding hydrogens is 305 g/mol. The third kappa shape index (κ3) is 2.43. The Morgan fingerprint density at radius 1 is 1.38 bits per heavy atom. The Morgan fingerprint density at radius 2 is 2.17 bits per heavy atom. The number of nitrogens with one attached hydrogen (secondary N) is 1. The van der Waals surface area contributed by atoms with E-state index in [4.69, 9.17) is 0 Å². The van der Waals surface area contributed by atoms with Gasteiger partial charge in [0.15, 0.2) is 0 Å². The van der Waals surface area contributed by atoms with Gasteiger partial charge >= 0.3 is 0 Å². The van der Waals surface area contributed by atoms with Gasteiger partial charge in [-0.3, -0.25) is 9.89 Å². The number of carbonyl (C=O) groups is 1. The first-order valence-electron chi connectivity index (χ1n) is 8.66. The quantitative estimate of drug-likeness (QED) is 0.940. The summed E-state index contributed by atoms with van der Waals surface area (Å²) in [4.78, 5) is 15.1. The van der Waals surface area contributed by atoms with Crippen LogP contribution in [0.2, 0.25) is 0 Å². The van der Waals surface area contributed by atoms with E-state index in [9.17, 15) is 9.18 Å². The zero-order valence-corrected chi connectivity index (χ0v) is 13.9. The average Bonchev–Trinajstić information content (AvgIpc) is 3.29. The fraction of sp³-hybridized carbons (Fsp3) is 0.474. The zero-order valence-electron chi connectivity index (χ0n) is 13.9. The van der Waals surface area contributed by atoms with Crippen LogP contribution >= 0.6 is 0 Å². The lowest BCUT2D eigenvalue weighted by Gasteiger charge is -2.35. The summed E-state index contributed by atoms with van der Waals surface area (Å²) in [5, 5.41) is 7.19. The minimum Gasteiger partial charge on any atom is -0.341 e. The van der Waals surface area contributed by atoms with Gasteiger partial charge in [0.05, 0.1) is 11.6 Å². The highest BCUT2D eigenvalue weighted by atomic mass is 19.1. The maximum atomic E-state index is 14.2. The summed E-state index contributed by atoms with van der Waals surface area (Å²) in [6, 6.07) is 6.71. The summed E-state index contributed by atoms with van der Waals surface area (Å²) in [6.07, 6.45) is 5.35. The van der Waals surface area contributed by atoms with Crippen molar-refractivity contribution in [1.29, 1.82) is 0 Å². The lowest BCUT2D eigenvalue weighted by molar-refractivity contribution is -0.135. The first-order chi connectivity index (χ1) is 11.6. The highest BCUT2D eigenvalue weighted by molar-refractivity contribution is 5.91. The van der Waals surface area contributed by atoms with Crippen LogP contribution in [0.4, 0.5) is 4.39 Å². The van der Waals surface area contributed by atoms with Gasteiger partial charge < -0.3 is 4.90 Å². The second-order valence-electron chi connectivity index (χ2n) is 7.12. The lowest BCUT2D eigenvalue weighted by Crippen LogP contribution is -2.45. The van der Waals surface area contributed by atoms with E-state index in [1.807, 2.05) is 24.1 Å². The lowest BCUT2D eigenvalue weighted by atomic mass is 9.89. The van der Waals surface area contributed by atoms with E-state index in [0.717, 1.165) is 43.5 Å². The van der Waals surface area contributed by atoms with Gasteiger partial charge in [0.2, 0.25) is 5.91 Å². The van der Waals surface area contributed by atoms with E-state index in [1.54, 1.807) is 12.1 Å². The van der Waals surface area contributed by atoms with Crippen LogP contribution in [0.25, 0.3) is 0 Å². The Bertz CT molecular complexity index is 765. The molecule has 2 fully saturated rings. The van der Waals surface area contributed by atoms with Gasteiger partial charge in [-0.1, -0.05) is 18.2 Å². The molecule has 1 amide bonds. The summed E-state index contributed by atoms with van der Waals surface area (Å²) in [5.41, 5.74) is 2.21. The topological polar surface area (TPSA) is 49.0 Å². The molecule has 0 spiro atoms. The number of likely N-dealkylation sites (tertiary alicyclic amines) is 1. The van der Waals surface area contributed by atoms with E-state index in [1.165, 1.54) is 6.07 Å². The molecule has 1 aliphatic carbocycles. The minimum atomic E-state index is -0.629. The van der Waals surface area contributed by atoms with E-state index >= 15 is 0 Å². The highest BCUT2D eigenvalue weighted by Gasteiger charge is 2.54. The molecule has 5 heteroatoms. The van der Waals surface area contributed by atoms with Crippen molar-refractivity contribution in [1.82, 2.24) is 15.1 Å². The molecule has 126 valence electrons. The van der Waals surface area contributed by atoms with Crippen molar-refractivity contribution in [3.05, 3.63) is 53.1 Å². The number of rotatable bonds is 3. The Hall–Kier alpha value is -2.17. The SMILES string of the molecule is Cc1cn[nH]c1[C@@H]1CCCN(C(=O)C2(c3ccccc3F)CC2)C1. The average molecular weight is 327 g/mol. The summed E-state index contributed by atoms with van der Waals surface area (Å²) in [7, 11) is 0. The van der Waals surface area contributed by atoms with Gasteiger partial charge in [-0.25, -0.2) is 4.39 Å². The van der Waals surface area contributed by atoms with Crippen molar-refractivity contribution in [2.45, 2.75) is 43.9 Å². The molecule has 2 heterocycles. The van der Waals surface area contributed by atoms with Gasteiger partial charge in [-0.15, -0.1) is 0 Å². The third-order valence-electron chi connectivity index (χ3n) is 5.53. The minimum absolute atomic E-state index is 0.0921. The maximum absolute atomic E-state index is 14.2. The molecule has 2 aliphatic rings. The van der Waals surface area contributed by atoms with Gasteiger partial charge in [0.1, 0.15) is 5.82 Å². The van der Waals surface area contributed by atoms with Crippen LogP contribution in [0.3, 0.4) is 0 Å². The number of nitrogens with zero attached hydrogens (tertiary/aromatic N) is 2. The molecule has 1 aromatic heterocycles. The Kier molecular flexibility index (Phi) is 3.66. The highest BCUT2D eigenvalue weighted by Crippen LogP contribution is 2.51. The number of halogens is 1. The number of hydrogen-bond acceptors (Lipinski definition) is 2. The van der Waals surface area contributed by atoms with Gasteiger partial charge in [0, 0.05) is 30.3 Å². The van der Waals surface area contributed by atoms with Crippen LogP contribution in [-0.4, -0.2) is 34.1 Å². The van der Waals surface area contributed by atoms with Crippen LogP contribution in [-0.2, 0) is 10.2 Å². The fourth-order valence-electron chi connectivity index (χ4n) is 4.04. The van der Waals surface area contributed by atoms with Crippen LogP contribution in [0, 0.1) is 12.7 Å². The maximum Gasteiger partial charge on any atom is 0.233 e. The van der Waals surface area contributed by atoms with Crippen molar-refractivity contribution >= 4 is 5.91 Å². The van der Waals surface area contributed by atoms with E-state index < -0.39 is 5.41 Å². The molecular formula is C19H22FN3O. The monoisotopic (exact) mass is 327 g/mol. The molecule has 0 unspecified atom stereocenters. The number of piperidine rings is 1. The van der Waals surface area contributed by atoms with Crippen LogP contribution in [0.1, 0.15) is 48.4 Å². The Morgan fingerprint density at radius 3 is 2.83 bits per heavy atom. The number of amides is 1. The number of H-pyrrole nitrogens is 1. The molecule has 1 saturated carbocycles. The van der Waals surface area contributed by atoms with Crippen molar-refractivity contribution in [3.8, 4) is 0 Å². The van der Waals surface area contributed by atoms with Crippen molar-refractivity contribution in [2.75, 3.05) is 13.1 Å². The van der Waals surface area contributed by atoms with E-state index in [-0.39, 0.29) is 11.7 Å². The fourth-order valence-corrected chi connectivity index (χ4v) is 4.04. The smallest absolute Gasteiger partial charge is 0.233 e. The third-order valence-corrected chi connectivity index (χ3v) is 5.53. The molecule has 1 saturated heterocycles. The molecule has 4 nitrogen and oxygen atoms in total. The van der Waals surface area contributed by atoms with Crippen molar-refractivity contribution in [2.24, 2.45) is 0 Å². The largest absolute Gasteiger partial charge is 0.341 e. The predicted octanol–water partition coefficient (Wildman–Crippen LogP) is 3.30. The van der Waals surface area contributed by atoms with Crippen LogP contribution < -0.4 is 0 Å². The number of hydrogen-bond donors (Lipinski definition) is 1. The van der Waals surface area contributed by atoms with Crippen LogP contribution in [0.15, 0.2) is 30.5 Å². The second-order valence-corrected chi connectivity index (χ2v) is 7.12. The number of benzene rings is 1. The molecule has 24 heavy (non-hydrogen) atoms. The van der Waals surface area contributed by atoms with Gasteiger partial charge in [-0.05, 0) is 44.2 Å². The number of aromatic nitrogens is 2. The number of carbonyl (C=O) groups excluding carboxylic acids is 1. The number of aromatic amines is 1. The van der Waals surface area contributed by atoms with Gasteiger partial charge in [-0.2, -0.15) is 5.10 Å². The van der Waals surface area contributed by atoms with Crippen LogP contribution in [0.5, 0.6) is 0 Å². The Labute approximate surface area is 141 Å². The molecule has 1 N–H and O–H groups in total. The summed E-state index contributed by atoms with van der Waals surface area (Å²) < 4.78 is 14.2. The summed E-state index contributed by atoms with van der Waals surface area (Å²) >= 11 is 0. The van der Waals surface area contributed by atoms with Gasteiger partial charge in [0.25, 0.3) is 0 Å². The zero-order chi connectivity index (χ0) is 16.7. The molecule has 1 aliphatic heterocycles. The molecule has 1 atom stereocenters. The normalized spacial score (nSPS) is 22.4. The van der Waals surface area contributed by atoms with Crippen molar-refractivity contribution in [3.63, 3.8) is 0 Å². The second kappa shape index (κ2) is 5.72. The molecule has 2 aromatic rings. The predicted molar refractivity (Wildman–Crippen MR) is 89.2 cm³/mol. The molecule has 1 aromatic carbocycles. The molecule has 4 rings (SSSR count). The summed E-state index contributed by atoms with van der Waals surface area (Å²) in [5.74, 6) is 0.123. The Balaban J connectivity index is 1.56. The first kappa shape index (κ1) is 15.4. The van der Waals surface area contributed by atoms with Crippen molar-refractivity contribution < 1.29 is 9.18 Å². The number of aryl methyl sites for hydroxylation is 1. The standard InChI is InChI=1S/C19H22FN3O/c1-13-11-21-22-17(13)14-5-4-10-23(12-14)18(24)19(8-9-19)15-6-2-3-7-16(15)20/h2-3,6-7,11,14H,4-5,8-10,12H2,1H3,(H,21,22)/t14-/m1/s1. The molecule has 0 bridgehead atoms. The molecule has 0 radical (unpaired) electrons. The van der Waals surface area contributed by atoms with E-state index in [0.29, 0.717) is 18.0 Å². The first-order valence-corrected chi connectivity index (χ1v) is 8.66. The van der Waals surface area contributed by atoms with E-state index in [2.05, 4.69) is 10.2 Å². The summed E-state index contributed by atoms with van der Waals surface area (Å²) in [6.45, 7) is 3.50.